The van der Waals surface area contributed by atoms with Crippen LogP contribution in [-0.2, 0) is 0 Å². The Morgan fingerprint density at radius 1 is 1.32 bits per heavy atom. The second-order valence-electron chi connectivity index (χ2n) is 7.52. The molecule has 1 fully saturated rings. The molecule has 10 nitrogen and oxygen atoms in total. The third-order valence-corrected chi connectivity index (χ3v) is 5.68. The molecule has 31 heavy (non-hydrogen) atoms. The Hall–Kier alpha value is -3.54. The molecule has 1 saturated carbocycles. The lowest BCUT2D eigenvalue weighted by Gasteiger charge is -2.05. The number of thiazole rings is 1. The van der Waals surface area contributed by atoms with Crippen molar-refractivity contribution < 1.29 is 9.18 Å². The Morgan fingerprint density at radius 3 is 2.94 bits per heavy atom. The normalized spacial score (nSPS) is 13.7. The van der Waals surface area contributed by atoms with Crippen molar-refractivity contribution in [3.8, 4) is 22.0 Å². The molecule has 1 aliphatic carbocycles. The Labute approximate surface area is 180 Å². The molecule has 0 bridgehead atoms. The van der Waals surface area contributed by atoms with E-state index in [1.54, 1.807) is 22.5 Å². The third kappa shape index (κ3) is 3.81. The molecule has 1 N–H and O–H groups in total. The molecule has 1 amide bonds. The number of carbonyl (C=O) groups is 1. The van der Waals surface area contributed by atoms with Crippen LogP contribution in [0, 0.1) is 5.82 Å². The molecule has 4 aromatic rings. The van der Waals surface area contributed by atoms with Gasteiger partial charge >= 0.3 is 0 Å². The van der Waals surface area contributed by atoms with E-state index in [9.17, 15) is 9.18 Å². The van der Waals surface area contributed by atoms with Crippen molar-refractivity contribution in [2.24, 2.45) is 0 Å². The van der Waals surface area contributed by atoms with Gasteiger partial charge in [-0.05, 0) is 43.2 Å². The maximum Gasteiger partial charge on any atom is 0.275 e. The standard InChI is InChI=1S/C19H18FN9OS/c1-10(2)29-17(25-26-27-29)19-24-16(9-31-19)23-18(30)15-5-13(14(20)7-21-15)11-6-22-28(8-11)12-3-4-12/h5-10,12H,3-4H2,1-2H3,(H,23,30). The Bertz CT molecular complexity index is 1260. The van der Waals surface area contributed by atoms with Crippen molar-refractivity contribution in [1.82, 2.24) is 40.0 Å². The van der Waals surface area contributed by atoms with Gasteiger partial charge in [0.25, 0.3) is 5.91 Å². The second kappa shape index (κ2) is 7.61. The second-order valence-corrected chi connectivity index (χ2v) is 8.38. The lowest BCUT2D eigenvalue weighted by Crippen LogP contribution is -2.14. The minimum Gasteiger partial charge on any atom is -0.304 e. The summed E-state index contributed by atoms with van der Waals surface area (Å²) in [6.45, 7) is 3.92. The third-order valence-electron chi connectivity index (χ3n) is 4.84. The van der Waals surface area contributed by atoms with Crippen LogP contribution in [0.1, 0.15) is 49.3 Å². The van der Waals surface area contributed by atoms with Gasteiger partial charge in [-0.25, -0.2) is 19.0 Å². The van der Waals surface area contributed by atoms with Gasteiger partial charge in [-0.2, -0.15) is 5.10 Å². The van der Waals surface area contributed by atoms with Gasteiger partial charge in [-0.1, -0.05) is 0 Å². The van der Waals surface area contributed by atoms with Crippen LogP contribution in [0.25, 0.3) is 22.0 Å². The molecular weight excluding hydrogens is 421 g/mol. The van der Waals surface area contributed by atoms with Gasteiger partial charge in [0, 0.05) is 22.7 Å². The van der Waals surface area contributed by atoms with Crippen LogP contribution in [0.3, 0.4) is 0 Å². The highest BCUT2D eigenvalue weighted by Gasteiger charge is 2.25. The van der Waals surface area contributed by atoms with E-state index in [1.807, 2.05) is 18.5 Å². The highest BCUT2D eigenvalue weighted by atomic mass is 32.1. The molecule has 0 unspecified atom stereocenters. The molecule has 4 aromatic heterocycles. The monoisotopic (exact) mass is 439 g/mol. The maximum absolute atomic E-state index is 14.4. The zero-order chi connectivity index (χ0) is 21.5. The number of pyridine rings is 1. The van der Waals surface area contributed by atoms with Crippen molar-refractivity contribution in [3.63, 3.8) is 0 Å². The molecule has 0 radical (unpaired) electrons. The molecule has 0 atom stereocenters. The van der Waals surface area contributed by atoms with Gasteiger partial charge in [-0.15, -0.1) is 16.4 Å². The fourth-order valence-corrected chi connectivity index (χ4v) is 3.82. The molecule has 158 valence electrons. The van der Waals surface area contributed by atoms with Gasteiger partial charge in [-0.3, -0.25) is 9.48 Å². The molecule has 12 heteroatoms. The molecule has 5 rings (SSSR count). The van der Waals surface area contributed by atoms with Crippen LogP contribution < -0.4 is 5.32 Å². The molecular formula is C19H18FN9OS. The van der Waals surface area contributed by atoms with Crippen LogP contribution in [0.2, 0.25) is 0 Å². The van der Waals surface area contributed by atoms with Gasteiger partial charge in [0.15, 0.2) is 5.01 Å². The highest BCUT2D eigenvalue weighted by molar-refractivity contribution is 7.13. The summed E-state index contributed by atoms with van der Waals surface area (Å²) in [6, 6.07) is 1.88. The summed E-state index contributed by atoms with van der Waals surface area (Å²) >= 11 is 1.31. The zero-order valence-electron chi connectivity index (χ0n) is 16.7. The number of nitrogens with zero attached hydrogens (tertiary/aromatic N) is 8. The summed E-state index contributed by atoms with van der Waals surface area (Å²) in [7, 11) is 0. The first-order chi connectivity index (χ1) is 15.0. The van der Waals surface area contributed by atoms with E-state index in [1.165, 1.54) is 17.4 Å². The fourth-order valence-electron chi connectivity index (χ4n) is 3.10. The van der Waals surface area contributed by atoms with E-state index < -0.39 is 11.7 Å². The minimum atomic E-state index is -0.511. The molecule has 0 saturated heterocycles. The number of amides is 1. The summed E-state index contributed by atoms with van der Waals surface area (Å²) in [5, 5.41) is 20.9. The number of rotatable bonds is 6. The number of nitrogens with one attached hydrogen (secondary N) is 1. The fraction of sp³-hybridized carbons (Fsp3) is 0.316. The van der Waals surface area contributed by atoms with Gasteiger partial charge in [0.2, 0.25) is 5.82 Å². The lowest BCUT2D eigenvalue weighted by molar-refractivity contribution is 0.102. The summed E-state index contributed by atoms with van der Waals surface area (Å²) < 4.78 is 17.9. The van der Waals surface area contributed by atoms with Crippen molar-refractivity contribution in [2.45, 2.75) is 38.8 Å². The summed E-state index contributed by atoms with van der Waals surface area (Å²) in [5.74, 6) is -0.132. The molecule has 0 spiro atoms. The van der Waals surface area contributed by atoms with Crippen LogP contribution >= 0.6 is 11.3 Å². The number of hydrogen-bond donors (Lipinski definition) is 1. The van der Waals surface area contributed by atoms with E-state index in [4.69, 9.17) is 0 Å². The average molecular weight is 439 g/mol. The molecule has 1 aliphatic rings. The number of anilines is 1. The van der Waals surface area contributed by atoms with Crippen LogP contribution in [0.15, 0.2) is 30.0 Å². The Morgan fingerprint density at radius 2 is 2.16 bits per heavy atom. The van der Waals surface area contributed by atoms with Gasteiger partial charge in [0.05, 0.1) is 24.5 Å². The smallest absolute Gasteiger partial charge is 0.275 e. The number of hydrogen-bond acceptors (Lipinski definition) is 8. The van der Waals surface area contributed by atoms with Crippen molar-refractivity contribution in [2.75, 3.05) is 5.32 Å². The number of tetrazole rings is 1. The molecule has 4 heterocycles. The summed E-state index contributed by atoms with van der Waals surface area (Å²) in [4.78, 5) is 21.0. The zero-order valence-corrected chi connectivity index (χ0v) is 17.5. The van der Waals surface area contributed by atoms with Gasteiger partial charge < -0.3 is 5.32 Å². The first-order valence-corrected chi connectivity index (χ1v) is 10.6. The average Bonchev–Trinajstić information content (AvgIpc) is 3.14. The maximum atomic E-state index is 14.4. The van der Waals surface area contributed by atoms with Crippen LogP contribution in [0.5, 0.6) is 0 Å². The van der Waals surface area contributed by atoms with E-state index in [2.05, 4.69) is 35.9 Å². The largest absolute Gasteiger partial charge is 0.304 e. The van der Waals surface area contributed by atoms with E-state index >= 15 is 0 Å². The highest BCUT2D eigenvalue weighted by Crippen LogP contribution is 2.35. The summed E-state index contributed by atoms with van der Waals surface area (Å²) in [5.41, 5.74) is 0.969. The first-order valence-electron chi connectivity index (χ1n) is 9.75. The predicted octanol–water partition coefficient (Wildman–Crippen LogP) is 3.36. The minimum absolute atomic E-state index is 0.0676. The number of aromatic nitrogens is 8. The van der Waals surface area contributed by atoms with Crippen LogP contribution in [-0.4, -0.2) is 45.9 Å². The quantitative estimate of drug-likeness (QED) is 0.490. The van der Waals surface area contributed by atoms with E-state index in [0.29, 0.717) is 28.3 Å². The van der Waals surface area contributed by atoms with Crippen molar-refractivity contribution in [1.29, 1.82) is 0 Å². The summed E-state index contributed by atoms with van der Waals surface area (Å²) in [6.07, 6.45) is 6.59. The number of halogens is 1. The SMILES string of the molecule is CC(C)n1nnnc1-c1nc(NC(=O)c2cc(-c3cnn(C4CC4)c3)c(F)cn2)cs1. The Balaban J connectivity index is 1.36. The first kappa shape index (κ1) is 19.4. The lowest BCUT2D eigenvalue weighted by atomic mass is 10.1. The number of carbonyl (C=O) groups excluding carboxylic acids is 1. The molecule has 0 aliphatic heterocycles. The predicted molar refractivity (Wildman–Crippen MR) is 111 cm³/mol. The van der Waals surface area contributed by atoms with Gasteiger partial charge in [0.1, 0.15) is 17.3 Å². The van der Waals surface area contributed by atoms with E-state index in [-0.39, 0.29) is 17.3 Å². The van der Waals surface area contributed by atoms with E-state index in [0.717, 1.165) is 19.0 Å². The Kier molecular flexibility index (Phi) is 4.77. The topological polar surface area (TPSA) is 116 Å². The van der Waals surface area contributed by atoms with Crippen molar-refractivity contribution in [3.05, 3.63) is 41.5 Å². The molecule has 0 aromatic carbocycles. The van der Waals surface area contributed by atoms with Crippen LogP contribution in [0.4, 0.5) is 10.2 Å². The van der Waals surface area contributed by atoms with Crippen molar-refractivity contribution >= 4 is 23.1 Å².